The molecule has 0 bridgehead atoms. The molecular formula is C14H22BrNO. The van der Waals surface area contributed by atoms with Crippen molar-refractivity contribution in [1.29, 1.82) is 0 Å². The van der Waals surface area contributed by atoms with E-state index in [-0.39, 0.29) is 6.04 Å². The van der Waals surface area contributed by atoms with Crippen LogP contribution in [-0.4, -0.2) is 6.61 Å². The largest absolute Gasteiger partial charge is 0.494 e. The lowest BCUT2D eigenvalue weighted by atomic mass is 10.1. The second-order valence-electron chi connectivity index (χ2n) is 4.86. The smallest absolute Gasteiger partial charge is 0.120 e. The molecule has 0 amide bonds. The normalized spacial score (nSPS) is 12.8. The number of halogens is 1. The van der Waals surface area contributed by atoms with E-state index in [0.717, 1.165) is 34.7 Å². The molecule has 0 heterocycles. The summed E-state index contributed by atoms with van der Waals surface area (Å²) in [6.07, 6.45) is 2.31. The van der Waals surface area contributed by atoms with Crippen LogP contribution in [0.25, 0.3) is 0 Å². The van der Waals surface area contributed by atoms with Gasteiger partial charge in [0.1, 0.15) is 5.75 Å². The monoisotopic (exact) mass is 299 g/mol. The number of nitrogens with two attached hydrogens (primary N) is 1. The molecule has 1 atom stereocenters. The van der Waals surface area contributed by atoms with E-state index >= 15 is 0 Å². The molecule has 0 aliphatic rings. The Labute approximate surface area is 113 Å². The van der Waals surface area contributed by atoms with Crippen LogP contribution in [0.5, 0.6) is 5.75 Å². The van der Waals surface area contributed by atoms with E-state index in [2.05, 4.69) is 29.8 Å². The zero-order valence-corrected chi connectivity index (χ0v) is 12.5. The van der Waals surface area contributed by atoms with Crippen LogP contribution in [0.2, 0.25) is 0 Å². The standard InChI is InChI=1S/C14H22BrNO/c1-10(2)5-4-8-17-12-6-7-13(11(3)16)14(15)9-12/h6-7,9-11H,4-5,8,16H2,1-3H3. The maximum Gasteiger partial charge on any atom is 0.120 e. The fraction of sp³-hybridized carbons (Fsp3) is 0.571. The lowest BCUT2D eigenvalue weighted by Crippen LogP contribution is -2.06. The molecule has 0 aliphatic heterocycles. The highest BCUT2D eigenvalue weighted by Crippen LogP contribution is 2.26. The van der Waals surface area contributed by atoms with E-state index in [1.165, 1.54) is 6.42 Å². The maximum atomic E-state index is 5.85. The molecule has 1 aromatic carbocycles. The fourth-order valence-corrected chi connectivity index (χ4v) is 2.37. The summed E-state index contributed by atoms with van der Waals surface area (Å²) in [5.74, 6) is 1.65. The van der Waals surface area contributed by atoms with Crippen molar-refractivity contribution < 1.29 is 4.74 Å². The number of hydrogen-bond acceptors (Lipinski definition) is 2. The molecule has 0 radical (unpaired) electrons. The van der Waals surface area contributed by atoms with Gasteiger partial charge in [-0.05, 0) is 43.4 Å². The van der Waals surface area contributed by atoms with Gasteiger partial charge in [-0.1, -0.05) is 35.8 Å². The van der Waals surface area contributed by atoms with Gasteiger partial charge in [-0.25, -0.2) is 0 Å². The third-order valence-electron chi connectivity index (χ3n) is 2.66. The van der Waals surface area contributed by atoms with Gasteiger partial charge in [-0.3, -0.25) is 0 Å². The predicted octanol–water partition coefficient (Wildman–Crippen LogP) is 4.28. The minimum Gasteiger partial charge on any atom is -0.494 e. The predicted molar refractivity (Wildman–Crippen MR) is 76.3 cm³/mol. The summed E-state index contributed by atoms with van der Waals surface area (Å²) in [4.78, 5) is 0. The molecule has 0 saturated heterocycles. The average molecular weight is 300 g/mol. The molecule has 96 valence electrons. The van der Waals surface area contributed by atoms with Gasteiger partial charge in [-0.2, -0.15) is 0 Å². The molecule has 17 heavy (non-hydrogen) atoms. The first-order valence-electron chi connectivity index (χ1n) is 6.18. The summed E-state index contributed by atoms with van der Waals surface area (Å²) in [6.45, 7) is 7.22. The third-order valence-corrected chi connectivity index (χ3v) is 3.34. The Hall–Kier alpha value is -0.540. The highest BCUT2D eigenvalue weighted by Gasteiger charge is 2.06. The second kappa shape index (κ2) is 7.02. The summed E-state index contributed by atoms with van der Waals surface area (Å²) >= 11 is 3.52. The van der Waals surface area contributed by atoms with Crippen molar-refractivity contribution in [3.05, 3.63) is 28.2 Å². The van der Waals surface area contributed by atoms with Gasteiger partial charge in [0.25, 0.3) is 0 Å². The Balaban J connectivity index is 2.47. The van der Waals surface area contributed by atoms with E-state index in [0.29, 0.717) is 0 Å². The minimum absolute atomic E-state index is 0.0411. The van der Waals surface area contributed by atoms with Gasteiger partial charge in [0.2, 0.25) is 0 Å². The van der Waals surface area contributed by atoms with Gasteiger partial charge in [-0.15, -0.1) is 0 Å². The van der Waals surface area contributed by atoms with Gasteiger partial charge in [0.15, 0.2) is 0 Å². The maximum absolute atomic E-state index is 5.85. The molecule has 1 aromatic rings. The van der Waals surface area contributed by atoms with Crippen LogP contribution in [0.4, 0.5) is 0 Å². The van der Waals surface area contributed by atoms with Crippen molar-refractivity contribution in [1.82, 2.24) is 0 Å². The Morgan fingerprint density at radius 2 is 2.00 bits per heavy atom. The quantitative estimate of drug-likeness (QED) is 0.796. The zero-order chi connectivity index (χ0) is 12.8. The minimum atomic E-state index is 0.0411. The lowest BCUT2D eigenvalue weighted by Gasteiger charge is -2.12. The van der Waals surface area contributed by atoms with Crippen LogP contribution in [0.1, 0.15) is 45.2 Å². The zero-order valence-electron chi connectivity index (χ0n) is 10.9. The second-order valence-corrected chi connectivity index (χ2v) is 5.71. The van der Waals surface area contributed by atoms with Gasteiger partial charge < -0.3 is 10.5 Å². The fourth-order valence-electron chi connectivity index (χ4n) is 1.65. The molecule has 2 N–H and O–H groups in total. The summed E-state index contributed by atoms with van der Waals surface area (Å²) in [5.41, 5.74) is 6.96. The highest BCUT2D eigenvalue weighted by atomic mass is 79.9. The van der Waals surface area contributed by atoms with Crippen LogP contribution in [-0.2, 0) is 0 Å². The summed E-state index contributed by atoms with van der Waals surface area (Å²) in [5, 5.41) is 0. The molecule has 2 nitrogen and oxygen atoms in total. The lowest BCUT2D eigenvalue weighted by molar-refractivity contribution is 0.297. The molecule has 0 aliphatic carbocycles. The Morgan fingerprint density at radius 3 is 2.53 bits per heavy atom. The van der Waals surface area contributed by atoms with Crippen LogP contribution >= 0.6 is 15.9 Å². The molecule has 0 aromatic heterocycles. The molecule has 3 heteroatoms. The van der Waals surface area contributed by atoms with Gasteiger partial charge in [0.05, 0.1) is 6.61 Å². The number of rotatable bonds is 6. The molecular weight excluding hydrogens is 278 g/mol. The molecule has 0 spiro atoms. The van der Waals surface area contributed by atoms with E-state index in [4.69, 9.17) is 10.5 Å². The van der Waals surface area contributed by atoms with Crippen LogP contribution < -0.4 is 10.5 Å². The summed E-state index contributed by atoms with van der Waals surface area (Å²) in [7, 11) is 0. The van der Waals surface area contributed by atoms with Crippen LogP contribution in [0.3, 0.4) is 0 Å². The van der Waals surface area contributed by atoms with Crippen molar-refractivity contribution in [3.8, 4) is 5.75 Å². The van der Waals surface area contributed by atoms with Gasteiger partial charge in [0, 0.05) is 10.5 Å². The SMILES string of the molecule is CC(C)CCCOc1ccc(C(C)N)c(Br)c1. The first-order chi connectivity index (χ1) is 8.00. The summed E-state index contributed by atoms with van der Waals surface area (Å²) in [6, 6.07) is 6.04. The van der Waals surface area contributed by atoms with E-state index < -0.39 is 0 Å². The van der Waals surface area contributed by atoms with Crippen molar-refractivity contribution in [2.24, 2.45) is 11.7 Å². The third kappa shape index (κ3) is 5.09. The Morgan fingerprint density at radius 1 is 1.29 bits per heavy atom. The Bertz CT molecular complexity index is 350. The first kappa shape index (κ1) is 14.5. The topological polar surface area (TPSA) is 35.2 Å². The highest BCUT2D eigenvalue weighted by molar-refractivity contribution is 9.10. The molecule has 1 unspecified atom stereocenters. The van der Waals surface area contributed by atoms with Gasteiger partial charge >= 0.3 is 0 Å². The Kier molecular flexibility index (Phi) is 6.00. The van der Waals surface area contributed by atoms with E-state index in [1.807, 2.05) is 25.1 Å². The van der Waals surface area contributed by atoms with Crippen molar-refractivity contribution in [2.75, 3.05) is 6.61 Å². The molecule has 0 saturated carbocycles. The summed E-state index contributed by atoms with van der Waals surface area (Å²) < 4.78 is 6.72. The number of benzene rings is 1. The molecule has 0 fully saturated rings. The molecule has 1 rings (SSSR count). The van der Waals surface area contributed by atoms with Crippen LogP contribution in [0, 0.1) is 5.92 Å². The number of ether oxygens (including phenoxy) is 1. The van der Waals surface area contributed by atoms with Crippen LogP contribution in [0.15, 0.2) is 22.7 Å². The van der Waals surface area contributed by atoms with Crippen molar-refractivity contribution in [3.63, 3.8) is 0 Å². The van der Waals surface area contributed by atoms with Crippen molar-refractivity contribution >= 4 is 15.9 Å². The van der Waals surface area contributed by atoms with E-state index in [9.17, 15) is 0 Å². The van der Waals surface area contributed by atoms with E-state index in [1.54, 1.807) is 0 Å². The average Bonchev–Trinajstić information content (AvgIpc) is 2.23. The van der Waals surface area contributed by atoms with Crippen molar-refractivity contribution in [2.45, 2.75) is 39.7 Å². The number of hydrogen-bond donors (Lipinski definition) is 1. The first-order valence-corrected chi connectivity index (χ1v) is 6.98.